The van der Waals surface area contributed by atoms with Gasteiger partial charge in [-0.25, -0.2) is 0 Å². The smallest absolute Gasteiger partial charge is 0.302 e. The van der Waals surface area contributed by atoms with Crippen LogP contribution in [0.15, 0.2) is 0 Å². The Labute approximate surface area is 78.4 Å². The highest BCUT2D eigenvalue weighted by atomic mass is 28.4. The Morgan fingerprint density at radius 3 is 2.27 bits per heavy atom. The molecule has 0 aromatic carbocycles. The van der Waals surface area contributed by atoms with Crippen molar-refractivity contribution in [2.45, 2.75) is 12.1 Å². The van der Waals surface area contributed by atoms with Gasteiger partial charge in [0.15, 0.2) is 0 Å². The maximum absolute atomic E-state index is 5.57. The van der Waals surface area contributed by atoms with Crippen molar-refractivity contribution in [3.63, 3.8) is 0 Å². The molecular formula is C2H14O4Si5. The van der Waals surface area contributed by atoms with Gasteiger partial charge in [-0.3, -0.25) is 0 Å². The van der Waals surface area contributed by atoms with E-state index in [1.165, 1.54) is 22.3 Å². The van der Waals surface area contributed by atoms with Gasteiger partial charge in [-0.1, -0.05) is 6.04 Å². The summed E-state index contributed by atoms with van der Waals surface area (Å²) < 4.78 is 21.7. The number of hydrogen-bond donors (Lipinski definition) is 0. The van der Waals surface area contributed by atoms with Gasteiger partial charge in [0.1, 0.15) is 0 Å². The maximum Gasteiger partial charge on any atom is 0.302 e. The van der Waals surface area contributed by atoms with E-state index in [-0.39, 0.29) is 0 Å². The van der Waals surface area contributed by atoms with Crippen LogP contribution in [0.2, 0.25) is 12.1 Å². The molecule has 4 nitrogen and oxygen atoms in total. The van der Waals surface area contributed by atoms with Crippen LogP contribution in [0.5, 0.6) is 0 Å². The monoisotopic (exact) mass is 242 g/mol. The highest BCUT2D eigenvalue weighted by molar-refractivity contribution is 6.60. The van der Waals surface area contributed by atoms with Crippen molar-refractivity contribution >= 4 is 49.5 Å². The molecule has 1 heterocycles. The molecule has 0 aromatic heterocycles. The fraction of sp³-hybridized carbons (Fsp3) is 1.00. The second kappa shape index (κ2) is 6.44. The molecule has 0 saturated carbocycles. The summed E-state index contributed by atoms with van der Waals surface area (Å²) in [7, 11) is -2.11. The molecular weight excluding hydrogens is 228 g/mol. The second-order valence-corrected chi connectivity index (χ2v) is 11.4. The minimum Gasteiger partial charge on any atom is -0.425 e. The van der Waals surface area contributed by atoms with Crippen molar-refractivity contribution < 1.29 is 16.5 Å². The van der Waals surface area contributed by atoms with Crippen molar-refractivity contribution in [1.29, 1.82) is 0 Å². The van der Waals surface area contributed by atoms with Crippen molar-refractivity contribution in [2.24, 2.45) is 0 Å². The van der Waals surface area contributed by atoms with Gasteiger partial charge in [-0.15, -0.1) is 0 Å². The lowest BCUT2D eigenvalue weighted by Gasteiger charge is -2.19. The molecule has 0 bridgehead atoms. The topological polar surface area (TPSA) is 36.9 Å². The molecule has 9 heteroatoms. The Hall–Kier alpha value is 0.924. The normalized spacial score (nSPS) is 34.4. The molecule has 0 atom stereocenters. The van der Waals surface area contributed by atoms with E-state index < -0.39 is 39.3 Å². The minimum atomic E-state index is -1.27. The van der Waals surface area contributed by atoms with Crippen LogP contribution in [0, 0.1) is 0 Å². The van der Waals surface area contributed by atoms with E-state index in [1.807, 2.05) is 0 Å². The first kappa shape index (κ1) is 10.0. The second-order valence-electron chi connectivity index (χ2n) is 2.31. The van der Waals surface area contributed by atoms with Gasteiger partial charge in [0.2, 0.25) is 0 Å². The fourth-order valence-electron chi connectivity index (χ4n) is 0.825. The van der Waals surface area contributed by atoms with Gasteiger partial charge in [0.05, 0.1) is 0 Å². The Morgan fingerprint density at radius 2 is 1.73 bits per heavy atom. The van der Waals surface area contributed by atoms with E-state index in [1.54, 1.807) is 0 Å². The van der Waals surface area contributed by atoms with Gasteiger partial charge in [0, 0.05) is 10.2 Å². The average Bonchev–Trinajstić information content (AvgIpc) is 1.94. The summed E-state index contributed by atoms with van der Waals surface area (Å²) in [4.78, 5) is 0. The predicted molar refractivity (Wildman–Crippen MR) is 56.7 cm³/mol. The van der Waals surface area contributed by atoms with Crippen LogP contribution in [0.3, 0.4) is 0 Å². The maximum atomic E-state index is 5.57. The van der Waals surface area contributed by atoms with Crippen molar-refractivity contribution in [1.82, 2.24) is 0 Å². The van der Waals surface area contributed by atoms with E-state index in [4.69, 9.17) is 16.5 Å². The summed E-state index contributed by atoms with van der Waals surface area (Å²) in [6.45, 7) is 0. The number of rotatable bonds is 2. The highest BCUT2D eigenvalue weighted by Crippen LogP contribution is 2.00. The summed E-state index contributed by atoms with van der Waals surface area (Å²) >= 11 is 0. The molecule has 0 amide bonds. The van der Waals surface area contributed by atoms with Crippen LogP contribution >= 0.6 is 0 Å². The number of hydrogen-bond acceptors (Lipinski definition) is 4. The Bertz CT molecular complexity index is 94.5. The summed E-state index contributed by atoms with van der Waals surface area (Å²) in [6.07, 6.45) is 0. The zero-order chi connectivity index (χ0) is 7.94. The van der Waals surface area contributed by atoms with Gasteiger partial charge in [-0.2, -0.15) is 0 Å². The van der Waals surface area contributed by atoms with Gasteiger partial charge in [-0.05, 0) is 6.04 Å². The molecule has 66 valence electrons. The molecule has 0 radical (unpaired) electrons. The molecule has 0 aliphatic carbocycles. The van der Waals surface area contributed by atoms with Crippen molar-refractivity contribution in [3.8, 4) is 0 Å². The predicted octanol–water partition coefficient (Wildman–Crippen LogP) is -3.93. The first-order valence-electron chi connectivity index (χ1n) is 3.82. The van der Waals surface area contributed by atoms with Gasteiger partial charge < -0.3 is 16.5 Å². The van der Waals surface area contributed by atoms with Crippen molar-refractivity contribution in [2.75, 3.05) is 0 Å². The summed E-state index contributed by atoms with van der Waals surface area (Å²) in [5.41, 5.74) is 0. The van der Waals surface area contributed by atoms with E-state index in [0.29, 0.717) is 0 Å². The third-order valence-electron chi connectivity index (χ3n) is 1.37. The molecule has 0 unspecified atom stereocenters. The average molecular weight is 243 g/mol. The van der Waals surface area contributed by atoms with Gasteiger partial charge in [0.25, 0.3) is 30.0 Å². The molecule has 1 saturated heterocycles. The van der Waals surface area contributed by atoms with Gasteiger partial charge >= 0.3 is 9.28 Å². The summed E-state index contributed by atoms with van der Waals surface area (Å²) in [6, 6.07) is 2.46. The third kappa shape index (κ3) is 4.49. The third-order valence-corrected chi connectivity index (χ3v) is 10.9. The van der Waals surface area contributed by atoms with Crippen LogP contribution in [-0.4, -0.2) is 49.5 Å². The molecule has 1 rings (SSSR count). The molecule has 0 N–H and O–H groups in total. The SMILES string of the molecule is [SiH3]CC[SiH]1O[SiH2]O[SiH2]O[SiH2]O1. The van der Waals surface area contributed by atoms with Crippen molar-refractivity contribution in [3.05, 3.63) is 0 Å². The quantitative estimate of drug-likeness (QED) is 0.464. The lowest BCUT2D eigenvalue weighted by Crippen LogP contribution is -2.32. The van der Waals surface area contributed by atoms with Crippen LogP contribution in [0.25, 0.3) is 0 Å². The lowest BCUT2D eigenvalue weighted by atomic mass is 11.0. The first-order valence-corrected chi connectivity index (χ1v) is 10.5. The van der Waals surface area contributed by atoms with E-state index in [2.05, 4.69) is 0 Å². The Balaban J connectivity index is 2.15. The van der Waals surface area contributed by atoms with Crippen LogP contribution in [0.1, 0.15) is 0 Å². The van der Waals surface area contributed by atoms with E-state index in [9.17, 15) is 0 Å². The fourth-order valence-corrected chi connectivity index (χ4v) is 11.1. The first-order chi connectivity index (χ1) is 5.43. The highest BCUT2D eigenvalue weighted by Gasteiger charge is 2.13. The minimum absolute atomic E-state index is 0.681. The van der Waals surface area contributed by atoms with E-state index >= 15 is 0 Å². The molecule has 1 aliphatic heterocycles. The molecule has 1 aliphatic rings. The Morgan fingerprint density at radius 1 is 1.09 bits per heavy atom. The molecule has 1 fully saturated rings. The largest absolute Gasteiger partial charge is 0.425 e. The zero-order valence-electron chi connectivity index (χ0n) is 6.75. The summed E-state index contributed by atoms with van der Waals surface area (Å²) in [5.74, 6) is 0. The molecule has 0 aromatic rings. The Kier molecular flexibility index (Phi) is 5.86. The van der Waals surface area contributed by atoms with Crippen LogP contribution < -0.4 is 0 Å². The van der Waals surface area contributed by atoms with E-state index in [0.717, 1.165) is 0 Å². The molecule has 11 heavy (non-hydrogen) atoms. The lowest BCUT2D eigenvalue weighted by molar-refractivity contribution is 0.329. The standard InChI is InChI=1S/C2H14O4Si5/c7-1-2-11-5-9-3-8-4-10-6-11/h11H,1-2,8-10H2,7H3. The zero-order valence-corrected chi connectivity index (χ0v) is 14.1. The van der Waals surface area contributed by atoms with Crippen LogP contribution in [0.4, 0.5) is 0 Å². The molecule has 0 spiro atoms. The van der Waals surface area contributed by atoms with Crippen LogP contribution in [-0.2, 0) is 16.5 Å². The summed E-state index contributed by atoms with van der Waals surface area (Å²) in [5, 5.41) is 0.